The molecule has 1 atom stereocenters. The minimum absolute atomic E-state index is 0.139. The number of hydrogen-bond acceptors (Lipinski definition) is 5. The van der Waals surface area contributed by atoms with Crippen LogP contribution in [0, 0.1) is 12.3 Å². The Morgan fingerprint density at radius 1 is 1.57 bits per heavy atom. The smallest absolute Gasteiger partial charge is 0.409 e. The third kappa shape index (κ3) is 4.35. The molecule has 0 aliphatic carbocycles. The number of nitrogens with one attached hydrogen (secondary N) is 1. The number of ether oxygens (including phenoxy) is 1. The average molecular weight is 288 g/mol. The number of rotatable bonds is 5. The normalized spacial score (nSPS) is 17.3. The molecule has 1 saturated heterocycles. The molecular weight excluding hydrogens is 268 g/mol. The number of likely N-dealkylation sites (tertiary alicyclic amines) is 1. The predicted octanol–water partition coefficient (Wildman–Crippen LogP) is 1.88. The average Bonchev–Trinajstić information content (AvgIpc) is 2.97. The van der Waals surface area contributed by atoms with Crippen LogP contribution in [-0.2, 0) is 4.74 Å². The van der Waals surface area contributed by atoms with E-state index < -0.39 is 0 Å². The van der Waals surface area contributed by atoms with E-state index in [9.17, 15) is 4.79 Å². The lowest BCUT2D eigenvalue weighted by Gasteiger charge is -2.16. The minimum Gasteiger partial charge on any atom is -0.449 e. The fourth-order valence-electron chi connectivity index (χ4n) is 2.10. The molecule has 0 aromatic carbocycles. The Morgan fingerprint density at radius 2 is 2.33 bits per heavy atom. The zero-order chi connectivity index (χ0) is 15.1. The van der Waals surface area contributed by atoms with Crippen molar-refractivity contribution in [2.24, 2.45) is 0 Å². The Labute approximate surface area is 124 Å². The second kappa shape index (κ2) is 7.48. The Morgan fingerprint density at radius 3 is 3.00 bits per heavy atom. The standard InChI is InChI=1S/C15H20N4O2/c1-3-5-8-21-15(20)19-7-6-13(11-19)18-14-16-9-12(4-2)10-17-14/h2,9-10,13H,3,5-8,11H2,1H3,(H,16,17,18)/t13-/m0/s1. The molecular formula is C15H20N4O2. The topological polar surface area (TPSA) is 67.4 Å². The molecule has 0 bridgehead atoms. The lowest BCUT2D eigenvalue weighted by Crippen LogP contribution is -2.32. The summed E-state index contributed by atoms with van der Waals surface area (Å²) >= 11 is 0. The van der Waals surface area contributed by atoms with Crippen molar-refractivity contribution in [1.29, 1.82) is 0 Å². The molecule has 6 heteroatoms. The number of carbonyl (C=O) groups is 1. The first-order valence-electron chi connectivity index (χ1n) is 7.19. The molecule has 21 heavy (non-hydrogen) atoms. The molecule has 112 valence electrons. The minimum atomic E-state index is -0.239. The Kier molecular flexibility index (Phi) is 5.38. The number of aromatic nitrogens is 2. The predicted molar refractivity (Wildman–Crippen MR) is 79.8 cm³/mol. The molecule has 0 saturated carbocycles. The van der Waals surface area contributed by atoms with Gasteiger partial charge in [0.2, 0.25) is 5.95 Å². The van der Waals surface area contributed by atoms with Crippen LogP contribution < -0.4 is 5.32 Å². The highest BCUT2D eigenvalue weighted by atomic mass is 16.6. The van der Waals surface area contributed by atoms with Crippen molar-refractivity contribution in [2.45, 2.75) is 32.2 Å². The summed E-state index contributed by atoms with van der Waals surface area (Å²) in [7, 11) is 0. The molecule has 1 aliphatic rings. The van der Waals surface area contributed by atoms with Crippen LogP contribution in [0.1, 0.15) is 31.7 Å². The summed E-state index contributed by atoms with van der Waals surface area (Å²) < 4.78 is 5.20. The summed E-state index contributed by atoms with van der Waals surface area (Å²) in [6, 6.07) is 0.139. The molecule has 1 aliphatic heterocycles. The van der Waals surface area contributed by atoms with Crippen molar-refractivity contribution in [2.75, 3.05) is 25.0 Å². The summed E-state index contributed by atoms with van der Waals surface area (Å²) in [6.45, 7) is 3.84. The van der Waals surface area contributed by atoms with E-state index in [1.54, 1.807) is 17.3 Å². The van der Waals surface area contributed by atoms with Gasteiger partial charge in [-0.05, 0) is 12.8 Å². The van der Waals surface area contributed by atoms with Crippen LogP contribution in [-0.4, -0.2) is 46.7 Å². The van der Waals surface area contributed by atoms with Crippen LogP contribution in [0.2, 0.25) is 0 Å². The number of unbranched alkanes of at least 4 members (excludes halogenated alkanes) is 1. The highest BCUT2D eigenvalue weighted by molar-refractivity contribution is 5.68. The first-order chi connectivity index (χ1) is 10.2. The first-order valence-corrected chi connectivity index (χ1v) is 7.19. The van der Waals surface area contributed by atoms with Gasteiger partial charge in [-0.2, -0.15) is 0 Å². The van der Waals surface area contributed by atoms with E-state index in [2.05, 4.69) is 28.1 Å². The second-order valence-corrected chi connectivity index (χ2v) is 4.98. The van der Waals surface area contributed by atoms with Gasteiger partial charge in [0.05, 0.1) is 12.2 Å². The van der Waals surface area contributed by atoms with E-state index in [4.69, 9.17) is 11.2 Å². The van der Waals surface area contributed by atoms with Crippen molar-refractivity contribution in [3.05, 3.63) is 18.0 Å². The summed E-state index contributed by atoms with van der Waals surface area (Å²) in [6.07, 6.45) is 11.0. The van der Waals surface area contributed by atoms with Gasteiger partial charge < -0.3 is 15.0 Å². The number of hydrogen-bond donors (Lipinski definition) is 1. The summed E-state index contributed by atoms with van der Waals surface area (Å²) in [5, 5.41) is 3.20. The number of carbonyl (C=O) groups excluding carboxylic acids is 1. The van der Waals surface area contributed by atoms with Gasteiger partial charge in [0.25, 0.3) is 0 Å². The van der Waals surface area contributed by atoms with Crippen LogP contribution in [0.4, 0.5) is 10.7 Å². The lowest BCUT2D eigenvalue weighted by molar-refractivity contribution is 0.109. The zero-order valence-electron chi connectivity index (χ0n) is 12.2. The van der Waals surface area contributed by atoms with Crippen LogP contribution in [0.15, 0.2) is 12.4 Å². The van der Waals surface area contributed by atoms with Crippen molar-refractivity contribution in [3.8, 4) is 12.3 Å². The zero-order valence-corrected chi connectivity index (χ0v) is 12.2. The molecule has 6 nitrogen and oxygen atoms in total. The van der Waals surface area contributed by atoms with Gasteiger partial charge >= 0.3 is 6.09 Å². The van der Waals surface area contributed by atoms with Crippen LogP contribution in [0.25, 0.3) is 0 Å². The highest BCUT2D eigenvalue weighted by Crippen LogP contribution is 2.14. The molecule has 1 amide bonds. The summed E-state index contributed by atoms with van der Waals surface area (Å²) in [5.41, 5.74) is 0.646. The third-order valence-electron chi connectivity index (χ3n) is 3.32. The maximum absolute atomic E-state index is 11.8. The Hall–Kier alpha value is -2.29. The van der Waals surface area contributed by atoms with Gasteiger partial charge in [0, 0.05) is 31.5 Å². The monoisotopic (exact) mass is 288 g/mol. The maximum Gasteiger partial charge on any atom is 0.409 e. The molecule has 1 fully saturated rings. The Balaban J connectivity index is 1.79. The molecule has 0 spiro atoms. The molecule has 2 rings (SSSR count). The largest absolute Gasteiger partial charge is 0.449 e. The van der Waals surface area contributed by atoms with E-state index in [1.165, 1.54) is 0 Å². The van der Waals surface area contributed by atoms with Crippen LogP contribution >= 0.6 is 0 Å². The van der Waals surface area contributed by atoms with Gasteiger partial charge in [0.1, 0.15) is 0 Å². The summed E-state index contributed by atoms with van der Waals surface area (Å²) in [4.78, 5) is 21.8. The van der Waals surface area contributed by atoms with E-state index in [1.807, 2.05) is 0 Å². The van der Waals surface area contributed by atoms with Crippen LogP contribution in [0.5, 0.6) is 0 Å². The molecule has 1 aromatic rings. The quantitative estimate of drug-likeness (QED) is 0.662. The van der Waals surface area contributed by atoms with E-state index in [-0.39, 0.29) is 12.1 Å². The van der Waals surface area contributed by atoms with E-state index >= 15 is 0 Å². The second-order valence-electron chi connectivity index (χ2n) is 4.98. The molecule has 1 aromatic heterocycles. The SMILES string of the molecule is C#Cc1cnc(N[C@H]2CCN(C(=O)OCCCC)C2)nc1. The van der Waals surface area contributed by atoms with Gasteiger partial charge in [0.15, 0.2) is 0 Å². The third-order valence-corrected chi connectivity index (χ3v) is 3.32. The van der Waals surface area contributed by atoms with Gasteiger partial charge in [-0.1, -0.05) is 19.3 Å². The number of anilines is 1. The van der Waals surface area contributed by atoms with Gasteiger partial charge in [-0.3, -0.25) is 0 Å². The molecule has 0 unspecified atom stereocenters. The molecule has 2 heterocycles. The van der Waals surface area contributed by atoms with Crippen molar-refractivity contribution in [3.63, 3.8) is 0 Å². The molecule has 1 N–H and O–H groups in total. The fraction of sp³-hybridized carbons (Fsp3) is 0.533. The van der Waals surface area contributed by atoms with Crippen molar-refractivity contribution >= 4 is 12.0 Å². The van der Waals surface area contributed by atoms with E-state index in [0.29, 0.717) is 31.2 Å². The first kappa shape index (κ1) is 15.1. The number of nitrogens with zero attached hydrogens (tertiary/aromatic N) is 3. The molecule has 0 radical (unpaired) electrons. The maximum atomic E-state index is 11.8. The summed E-state index contributed by atoms with van der Waals surface area (Å²) in [5.74, 6) is 3.00. The van der Waals surface area contributed by atoms with Gasteiger partial charge in [-0.25, -0.2) is 14.8 Å². The number of terminal acetylenes is 1. The number of amides is 1. The Bertz CT molecular complexity index is 509. The lowest BCUT2D eigenvalue weighted by atomic mass is 10.3. The van der Waals surface area contributed by atoms with Gasteiger partial charge in [-0.15, -0.1) is 6.42 Å². The van der Waals surface area contributed by atoms with Crippen molar-refractivity contribution < 1.29 is 9.53 Å². The van der Waals surface area contributed by atoms with Crippen LogP contribution in [0.3, 0.4) is 0 Å². The highest BCUT2D eigenvalue weighted by Gasteiger charge is 2.27. The van der Waals surface area contributed by atoms with Crippen molar-refractivity contribution in [1.82, 2.24) is 14.9 Å². The fourth-order valence-corrected chi connectivity index (χ4v) is 2.10. The van der Waals surface area contributed by atoms with E-state index in [0.717, 1.165) is 19.3 Å².